The van der Waals surface area contributed by atoms with Gasteiger partial charge in [-0.15, -0.1) is 0 Å². The number of nitrogens with zero attached hydrogens (tertiary/aromatic N) is 1. The van der Waals surface area contributed by atoms with Crippen LogP contribution < -0.4 is 16.2 Å². The number of nitrogens with one attached hydrogen (secondary N) is 3. The molecule has 1 saturated carbocycles. The van der Waals surface area contributed by atoms with E-state index in [2.05, 4.69) is 28.1 Å². The molecule has 1 aromatic heterocycles. The summed E-state index contributed by atoms with van der Waals surface area (Å²) in [7, 11) is 0. The minimum absolute atomic E-state index is 0.0449. The molecule has 1 heterocycles. The second-order valence-electron chi connectivity index (χ2n) is 11.1. The number of alkyl halides is 3. The summed E-state index contributed by atoms with van der Waals surface area (Å²) in [5.74, 6) is -1.19. The van der Waals surface area contributed by atoms with E-state index in [1.807, 2.05) is 20.8 Å². The van der Waals surface area contributed by atoms with Gasteiger partial charge in [0, 0.05) is 30.5 Å². The first kappa shape index (κ1) is 29.6. The molecule has 0 atom stereocenters. The number of aryl methyl sites for hydroxylation is 1. The normalized spacial score (nSPS) is 19.7. The maximum atomic E-state index is 12.8. The zero-order valence-corrected chi connectivity index (χ0v) is 22.5. The van der Waals surface area contributed by atoms with E-state index < -0.39 is 35.6 Å². The van der Waals surface area contributed by atoms with Crippen LogP contribution in [0.3, 0.4) is 0 Å². The predicted molar refractivity (Wildman–Crippen MR) is 139 cm³/mol. The van der Waals surface area contributed by atoms with Crippen molar-refractivity contribution in [2.75, 3.05) is 18.5 Å². The van der Waals surface area contributed by atoms with Gasteiger partial charge in [0.25, 0.3) is 5.91 Å². The van der Waals surface area contributed by atoms with Crippen molar-refractivity contribution in [3.63, 3.8) is 0 Å². The smallest absolute Gasteiger partial charge is 0.389 e. The Labute approximate surface area is 220 Å². The number of hydrogen-bond acceptors (Lipinski definition) is 6. The third-order valence-corrected chi connectivity index (χ3v) is 6.53. The summed E-state index contributed by atoms with van der Waals surface area (Å²) < 4.78 is 43.9. The van der Waals surface area contributed by atoms with Crippen molar-refractivity contribution in [2.45, 2.75) is 90.0 Å². The number of rotatable bonds is 9. The van der Waals surface area contributed by atoms with E-state index >= 15 is 0 Å². The van der Waals surface area contributed by atoms with Crippen molar-refractivity contribution in [2.24, 2.45) is 0 Å². The van der Waals surface area contributed by atoms with Crippen molar-refractivity contribution in [1.29, 1.82) is 0 Å². The van der Waals surface area contributed by atoms with Gasteiger partial charge in [-0.05, 0) is 48.1 Å². The number of aromatic nitrogens is 1. The van der Waals surface area contributed by atoms with Crippen LogP contribution in [0.15, 0.2) is 18.2 Å². The lowest BCUT2D eigenvalue weighted by Crippen LogP contribution is -2.53. The van der Waals surface area contributed by atoms with Gasteiger partial charge in [-0.1, -0.05) is 34.1 Å². The van der Waals surface area contributed by atoms with Crippen molar-refractivity contribution >= 4 is 28.4 Å². The van der Waals surface area contributed by atoms with Gasteiger partial charge >= 0.3 is 6.18 Å². The molecule has 4 N–H and O–H groups in total. The molecule has 2 amide bonds. The van der Waals surface area contributed by atoms with E-state index in [4.69, 9.17) is 4.74 Å². The number of pyridine rings is 1. The van der Waals surface area contributed by atoms with E-state index in [1.165, 1.54) is 6.07 Å². The molecule has 1 aromatic carbocycles. The number of unbranched alkanes of at least 4 members (excludes halogenated alkanes) is 1. The monoisotopic (exact) mass is 538 g/mol. The molecule has 0 unspecified atom stereocenters. The second-order valence-corrected chi connectivity index (χ2v) is 11.1. The van der Waals surface area contributed by atoms with Crippen molar-refractivity contribution in [3.8, 4) is 0 Å². The number of hydrazine groups is 1. The number of carbonyl (C=O) groups is 2. The highest BCUT2D eigenvalue weighted by Crippen LogP contribution is 2.37. The predicted octanol–water partition coefficient (Wildman–Crippen LogP) is 4.68. The summed E-state index contributed by atoms with van der Waals surface area (Å²) >= 11 is 0. The van der Waals surface area contributed by atoms with Gasteiger partial charge < -0.3 is 15.2 Å². The third kappa shape index (κ3) is 7.80. The average Bonchev–Trinajstić information content (AvgIpc) is 2.78. The fourth-order valence-corrected chi connectivity index (χ4v) is 4.46. The Morgan fingerprint density at radius 3 is 2.45 bits per heavy atom. The van der Waals surface area contributed by atoms with E-state index in [-0.39, 0.29) is 18.2 Å². The molecule has 1 aliphatic carbocycles. The zero-order valence-electron chi connectivity index (χ0n) is 22.5. The van der Waals surface area contributed by atoms with Gasteiger partial charge in [-0.3, -0.25) is 20.4 Å². The molecule has 0 radical (unpaired) electrons. The van der Waals surface area contributed by atoms with Crippen LogP contribution in [0.1, 0.15) is 81.4 Å². The lowest BCUT2D eigenvalue weighted by molar-refractivity contribution is -0.155. The van der Waals surface area contributed by atoms with Gasteiger partial charge in [0.05, 0.1) is 23.6 Å². The molecule has 38 heavy (non-hydrogen) atoms. The number of benzene rings is 1. The van der Waals surface area contributed by atoms with Crippen molar-refractivity contribution < 1.29 is 32.6 Å². The molecule has 0 spiro atoms. The highest BCUT2D eigenvalue weighted by atomic mass is 19.4. The Morgan fingerprint density at radius 1 is 1.16 bits per heavy atom. The fourth-order valence-electron chi connectivity index (χ4n) is 4.46. The van der Waals surface area contributed by atoms with Gasteiger partial charge in [0.2, 0.25) is 5.91 Å². The van der Waals surface area contributed by atoms with Crippen molar-refractivity contribution in [3.05, 3.63) is 35.0 Å². The second kappa shape index (κ2) is 11.4. The fraction of sp³-hybridized carbons (Fsp3) is 0.593. The van der Waals surface area contributed by atoms with Crippen LogP contribution >= 0.6 is 0 Å². The Balaban J connectivity index is 1.70. The minimum Gasteiger partial charge on any atom is -0.389 e. The van der Waals surface area contributed by atoms with Crippen molar-refractivity contribution in [1.82, 2.24) is 15.8 Å². The van der Waals surface area contributed by atoms with E-state index in [1.54, 1.807) is 19.1 Å². The largest absolute Gasteiger partial charge is 0.405 e. The molecule has 210 valence electrons. The van der Waals surface area contributed by atoms with Crippen LogP contribution in [0.4, 0.5) is 18.9 Å². The highest BCUT2D eigenvalue weighted by Gasteiger charge is 2.44. The molecular formula is C27H37F3N4O4. The summed E-state index contributed by atoms with van der Waals surface area (Å²) in [5, 5.41) is 13.6. The summed E-state index contributed by atoms with van der Waals surface area (Å²) in [6, 6.07) is 4.71. The number of carbonyl (C=O) groups excluding carboxylic acids is 2. The standard InChI is InChI=1S/C27H37F3N4O4/c1-6-7-8-38-18-12-26(37,13-18)14-22(35)33-34-24(36)21-9-16(2)19-10-17(31-15-27(28,29)30)11-20(23(19)32-21)25(3,4)5/h9-11,18,31,37H,6-8,12-15H2,1-5H3,(H,33,35)(H,34,36). The van der Waals surface area contributed by atoms with E-state index in [0.29, 0.717) is 47.2 Å². The lowest BCUT2D eigenvalue weighted by Gasteiger charge is -2.42. The minimum atomic E-state index is -4.37. The molecule has 8 nitrogen and oxygen atoms in total. The Kier molecular flexibility index (Phi) is 8.93. The molecule has 3 rings (SSSR count). The summed E-state index contributed by atoms with van der Waals surface area (Å²) in [6.45, 7) is 8.98. The SMILES string of the molecule is CCCCOC1CC(O)(CC(=O)NNC(=O)c2cc(C)c3cc(NCC(F)(F)F)cc(C(C)(C)C)c3n2)C1. The number of fused-ring (bicyclic) bond motifs is 1. The maximum absolute atomic E-state index is 12.8. The Morgan fingerprint density at radius 2 is 1.84 bits per heavy atom. The zero-order chi connectivity index (χ0) is 28.3. The quantitative estimate of drug-likeness (QED) is 0.273. The molecule has 0 bridgehead atoms. The number of hydrogen-bond donors (Lipinski definition) is 4. The van der Waals surface area contributed by atoms with Gasteiger partial charge in [0.15, 0.2) is 0 Å². The number of amides is 2. The molecule has 1 aliphatic rings. The molecule has 1 fully saturated rings. The number of anilines is 1. The molecule has 11 heteroatoms. The number of halogens is 3. The summed E-state index contributed by atoms with van der Waals surface area (Å²) in [5.41, 5.74) is 5.18. The van der Waals surface area contributed by atoms with Crippen LogP contribution in [-0.2, 0) is 14.9 Å². The van der Waals surface area contributed by atoms with E-state index in [9.17, 15) is 27.9 Å². The first-order valence-electron chi connectivity index (χ1n) is 12.8. The van der Waals surface area contributed by atoms with Crippen LogP contribution in [0.5, 0.6) is 0 Å². The first-order chi connectivity index (χ1) is 17.6. The van der Waals surface area contributed by atoms with Crippen LogP contribution in [0.2, 0.25) is 0 Å². The highest BCUT2D eigenvalue weighted by molar-refractivity contribution is 5.98. The number of ether oxygens (including phenoxy) is 1. The lowest BCUT2D eigenvalue weighted by atomic mass is 9.75. The Hall–Kier alpha value is -2.92. The molecule has 2 aromatic rings. The maximum Gasteiger partial charge on any atom is 0.405 e. The van der Waals surface area contributed by atoms with Crippen LogP contribution in [-0.4, -0.2) is 52.9 Å². The molecule has 0 aliphatic heterocycles. The van der Waals surface area contributed by atoms with Gasteiger partial charge in [-0.25, -0.2) is 4.98 Å². The van der Waals surface area contributed by atoms with E-state index in [0.717, 1.165) is 12.8 Å². The third-order valence-electron chi connectivity index (χ3n) is 6.53. The topological polar surface area (TPSA) is 113 Å². The average molecular weight is 539 g/mol. The summed E-state index contributed by atoms with van der Waals surface area (Å²) in [6.07, 6.45) is -1.93. The van der Waals surface area contributed by atoms with Crippen LogP contribution in [0, 0.1) is 6.92 Å². The summed E-state index contributed by atoms with van der Waals surface area (Å²) in [4.78, 5) is 29.7. The first-order valence-corrected chi connectivity index (χ1v) is 12.8. The van der Waals surface area contributed by atoms with Gasteiger partial charge in [0.1, 0.15) is 12.2 Å². The number of aliphatic hydroxyl groups is 1. The van der Waals surface area contributed by atoms with Gasteiger partial charge in [-0.2, -0.15) is 13.2 Å². The Bertz CT molecular complexity index is 1170. The molecular weight excluding hydrogens is 501 g/mol. The molecule has 0 saturated heterocycles. The van der Waals surface area contributed by atoms with Crippen LogP contribution in [0.25, 0.3) is 10.9 Å².